The fraction of sp³-hybridized carbons (Fsp3) is 0.667. The minimum atomic E-state index is -0.590. The minimum absolute atomic E-state index is 0.186. The molecule has 0 heterocycles. The number of nitrogens with one attached hydrogen (secondary N) is 1. The van der Waals surface area contributed by atoms with Crippen LogP contribution in [0.15, 0.2) is 12.1 Å². The van der Waals surface area contributed by atoms with E-state index in [1.54, 1.807) is 0 Å². The molecule has 0 radical (unpaired) electrons. The number of carbonyl (C=O) groups is 1. The summed E-state index contributed by atoms with van der Waals surface area (Å²) in [6.07, 6.45) is 11.1. The number of nitro benzene ring substituents is 1. The van der Waals surface area contributed by atoms with Crippen molar-refractivity contribution in [3.8, 4) is 11.5 Å². The topological polar surface area (TPSA) is 99.9 Å². The second-order valence-electron chi connectivity index (χ2n) is 6.92. The molecule has 1 aromatic rings. The number of methoxy groups -OCH3 is 2. The molecule has 1 aromatic carbocycles. The van der Waals surface area contributed by atoms with Gasteiger partial charge in [-0.05, 0) is 30.9 Å². The monoisotopic (exact) mass is 442 g/mol. The van der Waals surface area contributed by atoms with Crippen molar-refractivity contribution in [2.45, 2.75) is 58.0 Å². The van der Waals surface area contributed by atoms with Gasteiger partial charge in [0.05, 0.1) is 30.8 Å². The Labute approximate surface area is 183 Å². The van der Waals surface area contributed by atoms with Crippen molar-refractivity contribution in [1.82, 2.24) is 5.32 Å². The standard InChI is InChI=1S/C21H34N2O6S/c1-27-19-14-17(18(23(25)26)15-20(19)28-2)16-29-21(24)22-12-10-8-6-4-5-7-9-11-13-30-3/h14-15H,4-13,16H2,1-3H3,(H,22,24). The Morgan fingerprint density at radius 3 is 2.13 bits per heavy atom. The number of benzene rings is 1. The first kappa shape index (κ1) is 25.9. The highest BCUT2D eigenvalue weighted by Crippen LogP contribution is 2.34. The molecule has 1 amide bonds. The predicted octanol–water partition coefficient (Wildman–Crippen LogP) is 5.32. The molecule has 8 nitrogen and oxygen atoms in total. The molecule has 9 heteroatoms. The Balaban J connectivity index is 2.26. The number of hydrogen-bond acceptors (Lipinski definition) is 7. The van der Waals surface area contributed by atoms with Crippen LogP contribution in [0.1, 0.15) is 56.9 Å². The molecule has 30 heavy (non-hydrogen) atoms. The van der Waals surface area contributed by atoms with Crippen molar-refractivity contribution >= 4 is 23.5 Å². The lowest BCUT2D eigenvalue weighted by Gasteiger charge is -2.11. The van der Waals surface area contributed by atoms with Gasteiger partial charge in [-0.2, -0.15) is 11.8 Å². The average molecular weight is 443 g/mol. The van der Waals surface area contributed by atoms with Gasteiger partial charge in [0, 0.05) is 6.54 Å². The fourth-order valence-corrected chi connectivity index (χ4v) is 3.51. The maximum Gasteiger partial charge on any atom is 0.407 e. The molecule has 0 unspecified atom stereocenters. The van der Waals surface area contributed by atoms with Crippen LogP contribution in [0.25, 0.3) is 0 Å². The van der Waals surface area contributed by atoms with Gasteiger partial charge in [-0.25, -0.2) is 4.79 Å². The first-order valence-corrected chi connectivity index (χ1v) is 11.7. The third kappa shape index (κ3) is 10.0. The summed E-state index contributed by atoms with van der Waals surface area (Å²) < 4.78 is 15.4. The number of hydrogen-bond donors (Lipinski definition) is 1. The van der Waals surface area contributed by atoms with Crippen LogP contribution in [0.2, 0.25) is 0 Å². The Hall–Kier alpha value is -2.16. The zero-order valence-corrected chi connectivity index (χ0v) is 19.1. The number of rotatable bonds is 16. The summed E-state index contributed by atoms with van der Waals surface area (Å²) in [5, 5.41) is 14.0. The first-order valence-electron chi connectivity index (χ1n) is 10.3. The number of amides is 1. The third-order valence-corrected chi connectivity index (χ3v) is 5.38. The molecule has 0 aromatic heterocycles. The summed E-state index contributed by atoms with van der Waals surface area (Å²) in [7, 11) is 2.84. The van der Waals surface area contributed by atoms with Crippen LogP contribution >= 0.6 is 11.8 Å². The number of ether oxygens (including phenoxy) is 3. The molecule has 0 saturated heterocycles. The van der Waals surface area contributed by atoms with Crippen molar-refractivity contribution in [2.24, 2.45) is 0 Å². The van der Waals surface area contributed by atoms with E-state index in [2.05, 4.69) is 11.6 Å². The molecule has 0 aliphatic rings. The Bertz CT molecular complexity index is 657. The van der Waals surface area contributed by atoms with Crippen molar-refractivity contribution in [2.75, 3.05) is 32.8 Å². The summed E-state index contributed by atoms with van der Waals surface area (Å²) in [5.41, 5.74) is 0.0548. The van der Waals surface area contributed by atoms with Gasteiger partial charge >= 0.3 is 6.09 Å². The number of nitrogens with zero attached hydrogens (tertiary/aromatic N) is 1. The zero-order chi connectivity index (χ0) is 22.2. The number of nitro groups is 1. The minimum Gasteiger partial charge on any atom is -0.493 e. The SMILES string of the molecule is COc1cc(COC(=O)NCCCCCCCCCCSC)c([N+](=O)[O-])cc1OC. The van der Waals surface area contributed by atoms with Gasteiger partial charge < -0.3 is 19.5 Å². The van der Waals surface area contributed by atoms with E-state index < -0.39 is 11.0 Å². The molecule has 0 atom stereocenters. The third-order valence-electron chi connectivity index (χ3n) is 4.68. The number of alkyl carbamates (subject to hydrolysis) is 1. The summed E-state index contributed by atoms with van der Waals surface area (Å²) >= 11 is 1.90. The van der Waals surface area contributed by atoms with E-state index in [1.165, 1.54) is 64.2 Å². The van der Waals surface area contributed by atoms with Gasteiger partial charge in [-0.15, -0.1) is 0 Å². The summed E-state index contributed by atoms with van der Waals surface area (Å²) in [5.74, 6) is 1.84. The molecule has 170 valence electrons. The zero-order valence-electron chi connectivity index (χ0n) is 18.2. The van der Waals surface area contributed by atoms with Gasteiger partial charge in [0.2, 0.25) is 0 Å². The average Bonchev–Trinajstić information content (AvgIpc) is 2.75. The van der Waals surface area contributed by atoms with Gasteiger partial charge in [0.25, 0.3) is 5.69 Å². The van der Waals surface area contributed by atoms with E-state index >= 15 is 0 Å². The quantitative estimate of drug-likeness (QED) is 0.210. The molecule has 0 saturated carbocycles. The number of carbonyl (C=O) groups excluding carboxylic acids is 1. The molecule has 0 spiro atoms. The summed E-state index contributed by atoms with van der Waals surface area (Å²) in [6.45, 7) is 0.305. The van der Waals surface area contributed by atoms with Crippen LogP contribution < -0.4 is 14.8 Å². The number of thioether (sulfide) groups is 1. The second kappa shape index (κ2) is 15.6. The van der Waals surface area contributed by atoms with Crippen LogP contribution in [-0.2, 0) is 11.3 Å². The van der Waals surface area contributed by atoms with E-state index in [1.807, 2.05) is 11.8 Å². The van der Waals surface area contributed by atoms with Crippen LogP contribution in [0.5, 0.6) is 11.5 Å². The highest BCUT2D eigenvalue weighted by Gasteiger charge is 2.20. The molecular weight excluding hydrogens is 408 g/mol. The Morgan fingerprint density at radius 1 is 1.00 bits per heavy atom. The lowest BCUT2D eigenvalue weighted by molar-refractivity contribution is -0.385. The van der Waals surface area contributed by atoms with E-state index in [0.717, 1.165) is 19.3 Å². The molecular formula is C21H34N2O6S. The highest BCUT2D eigenvalue weighted by molar-refractivity contribution is 7.98. The fourth-order valence-electron chi connectivity index (χ4n) is 3.01. The highest BCUT2D eigenvalue weighted by atomic mass is 32.2. The lowest BCUT2D eigenvalue weighted by Crippen LogP contribution is -2.25. The number of unbranched alkanes of at least 4 members (excludes halogenated alkanes) is 7. The van der Waals surface area contributed by atoms with Crippen molar-refractivity contribution in [3.63, 3.8) is 0 Å². The maximum atomic E-state index is 11.9. The normalized spacial score (nSPS) is 10.5. The molecule has 0 bridgehead atoms. The van der Waals surface area contributed by atoms with E-state index in [0.29, 0.717) is 12.3 Å². The molecule has 0 fully saturated rings. The predicted molar refractivity (Wildman–Crippen MR) is 120 cm³/mol. The second-order valence-corrected chi connectivity index (χ2v) is 7.90. The van der Waals surface area contributed by atoms with E-state index in [9.17, 15) is 14.9 Å². The van der Waals surface area contributed by atoms with Gasteiger partial charge in [0.1, 0.15) is 6.61 Å². The van der Waals surface area contributed by atoms with Crippen LogP contribution in [0, 0.1) is 10.1 Å². The molecule has 0 aliphatic heterocycles. The first-order chi connectivity index (χ1) is 14.5. The summed E-state index contributed by atoms with van der Waals surface area (Å²) in [4.78, 5) is 22.6. The van der Waals surface area contributed by atoms with E-state index in [-0.39, 0.29) is 23.6 Å². The van der Waals surface area contributed by atoms with Crippen molar-refractivity contribution < 1.29 is 23.9 Å². The summed E-state index contributed by atoms with van der Waals surface area (Å²) in [6, 6.07) is 2.71. The Morgan fingerprint density at radius 2 is 1.57 bits per heavy atom. The van der Waals surface area contributed by atoms with Gasteiger partial charge in [-0.3, -0.25) is 10.1 Å². The van der Waals surface area contributed by atoms with Gasteiger partial charge in [0.15, 0.2) is 11.5 Å². The Kier molecular flexibility index (Phi) is 13.5. The van der Waals surface area contributed by atoms with E-state index in [4.69, 9.17) is 14.2 Å². The largest absolute Gasteiger partial charge is 0.493 e. The van der Waals surface area contributed by atoms with Crippen LogP contribution in [0.4, 0.5) is 10.5 Å². The van der Waals surface area contributed by atoms with Gasteiger partial charge in [-0.1, -0.05) is 38.5 Å². The van der Waals surface area contributed by atoms with Crippen LogP contribution in [-0.4, -0.2) is 43.8 Å². The maximum absolute atomic E-state index is 11.9. The lowest BCUT2D eigenvalue weighted by atomic mass is 10.1. The smallest absolute Gasteiger partial charge is 0.407 e. The molecule has 1 N–H and O–H groups in total. The molecule has 1 rings (SSSR count). The van der Waals surface area contributed by atoms with Crippen molar-refractivity contribution in [1.29, 1.82) is 0 Å². The molecule has 0 aliphatic carbocycles. The van der Waals surface area contributed by atoms with Crippen LogP contribution in [0.3, 0.4) is 0 Å². The van der Waals surface area contributed by atoms with Crippen molar-refractivity contribution in [3.05, 3.63) is 27.8 Å².